The molecule has 0 radical (unpaired) electrons. The molecule has 1 saturated carbocycles. The molecular weight excluding hydrogens is 334 g/mol. The van der Waals surface area contributed by atoms with Crippen LogP contribution in [0.5, 0.6) is 0 Å². The van der Waals surface area contributed by atoms with Gasteiger partial charge in [-0.15, -0.1) is 6.58 Å². The molecule has 1 amide bonds. The Hall–Kier alpha value is -2.62. The van der Waals surface area contributed by atoms with Crippen LogP contribution >= 0.6 is 0 Å². The van der Waals surface area contributed by atoms with Crippen LogP contribution in [0.4, 0.5) is 0 Å². The van der Waals surface area contributed by atoms with E-state index < -0.39 is 0 Å². The lowest BCUT2D eigenvalue weighted by molar-refractivity contribution is 0.0949. The van der Waals surface area contributed by atoms with Gasteiger partial charge in [0.15, 0.2) is 0 Å². The van der Waals surface area contributed by atoms with Gasteiger partial charge < -0.3 is 9.88 Å². The zero-order chi connectivity index (χ0) is 19.2. The Balaban J connectivity index is 1.93. The molecule has 2 aromatic rings. The largest absolute Gasteiger partial charge is 0.350 e. The number of allylic oxidation sites excluding steroid dienone is 1. The van der Waals surface area contributed by atoms with Crippen molar-refractivity contribution in [3.63, 3.8) is 0 Å². The van der Waals surface area contributed by atoms with Gasteiger partial charge in [-0.25, -0.2) is 4.98 Å². The van der Waals surface area contributed by atoms with Gasteiger partial charge >= 0.3 is 0 Å². The van der Waals surface area contributed by atoms with Crippen LogP contribution in [0.2, 0.25) is 0 Å². The Morgan fingerprint density at radius 2 is 1.96 bits per heavy atom. The van der Waals surface area contributed by atoms with Crippen molar-refractivity contribution < 1.29 is 4.79 Å². The Labute approximate surface area is 162 Å². The van der Waals surface area contributed by atoms with E-state index in [-0.39, 0.29) is 5.91 Å². The van der Waals surface area contributed by atoms with Gasteiger partial charge in [-0.1, -0.05) is 61.8 Å². The summed E-state index contributed by atoms with van der Waals surface area (Å²) in [5, 5.41) is 2.92. The number of carbonyl (C=O) groups is 1. The highest BCUT2D eigenvalue weighted by Gasteiger charge is 2.22. The topological polar surface area (TPSA) is 46.9 Å². The van der Waals surface area contributed by atoms with E-state index in [0.717, 1.165) is 41.8 Å². The molecule has 1 aromatic carbocycles. The quantitative estimate of drug-likeness (QED) is 0.529. The van der Waals surface area contributed by atoms with Crippen molar-refractivity contribution in [1.82, 2.24) is 14.9 Å². The second kappa shape index (κ2) is 8.85. The monoisotopic (exact) mass is 363 g/mol. The maximum Gasteiger partial charge on any atom is 0.271 e. The molecule has 4 heteroatoms. The Morgan fingerprint density at radius 3 is 2.59 bits per heavy atom. The van der Waals surface area contributed by atoms with Crippen molar-refractivity contribution in [3.05, 3.63) is 61.0 Å². The Kier molecular flexibility index (Phi) is 6.28. The van der Waals surface area contributed by atoms with E-state index in [4.69, 9.17) is 4.98 Å². The van der Waals surface area contributed by atoms with Gasteiger partial charge in [0.25, 0.3) is 5.91 Å². The van der Waals surface area contributed by atoms with E-state index in [0.29, 0.717) is 18.3 Å². The van der Waals surface area contributed by atoms with Crippen LogP contribution in [0.25, 0.3) is 17.0 Å². The van der Waals surface area contributed by atoms with Gasteiger partial charge in [-0.2, -0.15) is 0 Å². The number of aromatic nitrogens is 2. The standard InChI is InChI=1S/C23H29N3O/c1-4-5-15-24-23(27)21-16-26(20-9-7-6-8-10-20)22(25-21)19-13-11-18(12-14-19)17(2)3/h4,11-14,16,20H,1-2,5-10,15H2,3H3,(H,24,27). The first-order valence-corrected chi connectivity index (χ1v) is 9.84. The molecule has 0 aliphatic heterocycles. The molecule has 1 aliphatic carbocycles. The first-order valence-electron chi connectivity index (χ1n) is 9.84. The molecule has 142 valence electrons. The second-order valence-corrected chi connectivity index (χ2v) is 7.34. The van der Waals surface area contributed by atoms with Gasteiger partial charge in [-0.05, 0) is 31.7 Å². The highest BCUT2D eigenvalue weighted by Crippen LogP contribution is 2.33. The minimum absolute atomic E-state index is 0.119. The average molecular weight is 364 g/mol. The van der Waals surface area contributed by atoms with Crippen molar-refractivity contribution >= 4 is 11.5 Å². The molecule has 0 spiro atoms. The molecule has 1 aromatic heterocycles. The predicted molar refractivity (Wildman–Crippen MR) is 112 cm³/mol. The number of hydrogen-bond acceptors (Lipinski definition) is 2. The number of hydrogen-bond donors (Lipinski definition) is 1. The fraction of sp³-hybridized carbons (Fsp3) is 0.391. The van der Waals surface area contributed by atoms with Crippen LogP contribution in [0, 0.1) is 0 Å². The Bertz CT molecular complexity index is 811. The summed E-state index contributed by atoms with van der Waals surface area (Å²) in [6.07, 6.45) is 10.5. The number of nitrogens with zero attached hydrogens (tertiary/aromatic N) is 2. The normalized spacial score (nSPS) is 14.7. The highest BCUT2D eigenvalue weighted by atomic mass is 16.1. The number of imidazole rings is 1. The molecule has 0 atom stereocenters. The van der Waals surface area contributed by atoms with Gasteiger partial charge in [0.05, 0.1) is 0 Å². The predicted octanol–water partition coefficient (Wildman–Crippen LogP) is 5.39. The molecule has 1 aliphatic rings. The lowest BCUT2D eigenvalue weighted by Gasteiger charge is -2.24. The molecule has 0 unspecified atom stereocenters. The number of amides is 1. The first-order chi connectivity index (χ1) is 13.1. The Morgan fingerprint density at radius 1 is 1.26 bits per heavy atom. The fourth-order valence-corrected chi connectivity index (χ4v) is 3.64. The van der Waals surface area contributed by atoms with Crippen LogP contribution < -0.4 is 5.32 Å². The smallest absolute Gasteiger partial charge is 0.271 e. The van der Waals surface area contributed by atoms with E-state index in [1.54, 1.807) is 6.08 Å². The van der Waals surface area contributed by atoms with Crippen molar-refractivity contribution in [2.24, 2.45) is 0 Å². The number of nitrogens with one attached hydrogen (secondary N) is 1. The third-order valence-corrected chi connectivity index (χ3v) is 5.20. The molecule has 3 rings (SSSR count). The molecule has 1 N–H and O–H groups in total. The molecule has 27 heavy (non-hydrogen) atoms. The van der Waals surface area contributed by atoms with Gasteiger partial charge in [0.2, 0.25) is 0 Å². The molecule has 4 nitrogen and oxygen atoms in total. The van der Waals surface area contributed by atoms with E-state index >= 15 is 0 Å². The highest BCUT2D eigenvalue weighted by molar-refractivity contribution is 5.92. The number of rotatable bonds is 7. The minimum atomic E-state index is -0.119. The molecular formula is C23H29N3O. The van der Waals surface area contributed by atoms with E-state index in [2.05, 4.69) is 47.3 Å². The zero-order valence-electron chi connectivity index (χ0n) is 16.2. The lowest BCUT2D eigenvalue weighted by Crippen LogP contribution is -2.24. The summed E-state index contributed by atoms with van der Waals surface area (Å²) in [7, 11) is 0. The maximum absolute atomic E-state index is 12.5. The van der Waals surface area contributed by atoms with Crippen LogP contribution in [0.1, 0.15) is 67.5 Å². The van der Waals surface area contributed by atoms with E-state index in [9.17, 15) is 4.79 Å². The molecule has 1 fully saturated rings. The molecule has 0 bridgehead atoms. The second-order valence-electron chi connectivity index (χ2n) is 7.34. The third-order valence-electron chi connectivity index (χ3n) is 5.20. The summed E-state index contributed by atoms with van der Waals surface area (Å²) in [6.45, 7) is 10.3. The maximum atomic E-state index is 12.5. The van der Waals surface area contributed by atoms with Gasteiger partial charge in [-0.3, -0.25) is 4.79 Å². The van der Waals surface area contributed by atoms with Gasteiger partial charge in [0.1, 0.15) is 11.5 Å². The van der Waals surface area contributed by atoms with E-state index in [1.807, 2.05) is 13.1 Å². The van der Waals surface area contributed by atoms with Crippen molar-refractivity contribution in [2.75, 3.05) is 6.54 Å². The van der Waals surface area contributed by atoms with E-state index in [1.165, 1.54) is 19.3 Å². The van der Waals surface area contributed by atoms with Crippen LogP contribution in [-0.4, -0.2) is 22.0 Å². The summed E-state index contributed by atoms with van der Waals surface area (Å²) < 4.78 is 2.22. The van der Waals surface area contributed by atoms with Crippen molar-refractivity contribution in [2.45, 2.75) is 51.5 Å². The summed E-state index contributed by atoms with van der Waals surface area (Å²) in [6, 6.07) is 8.70. The molecule has 0 saturated heterocycles. The molecule has 1 heterocycles. The van der Waals surface area contributed by atoms with Crippen LogP contribution in [-0.2, 0) is 0 Å². The van der Waals surface area contributed by atoms with Crippen molar-refractivity contribution in [1.29, 1.82) is 0 Å². The van der Waals surface area contributed by atoms with Crippen LogP contribution in [0.3, 0.4) is 0 Å². The summed E-state index contributed by atoms with van der Waals surface area (Å²) in [5.41, 5.74) is 3.69. The summed E-state index contributed by atoms with van der Waals surface area (Å²) in [5.74, 6) is 0.759. The minimum Gasteiger partial charge on any atom is -0.350 e. The number of benzene rings is 1. The van der Waals surface area contributed by atoms with Crippen molar-refractivity contribution in [3.8, 4) is 11.4 Å². The van der Waals surface area contributed by atoms with Crippen LogP contribution in [0.15, 0.2) is 49.7 Å². The number of carbonyl (C=O) groups excluding carboxylic acids is 1. The average Bonchev–Trinajstić information content (AvgIpc) is 3.14. The SMILES string of the molecule is C=CCCNC(=O)c1cn(C2CCCCC2)c(-c2ccc(C(=C)C)cc2)n1. The fourth-order valence-electron chi connectivity index (χ4n) is 3.64. The first kappa shape index (κ1) is 19.2. The third kappa shape index (κ3) is 4.57. The summed E-state index contributed by atoms with van der Waals surface area (Å²) >= 11 is 0. The summed E-state index contributed by atoms with van der Waals surface area (Å²) in [4.78, 5) is 17.2. The van der Waals surface area contributed by atoms with Gasteiger partial charge in [0, 0.05) is 24.3 Å². The zero-order valence-corrected chi connectivity index (χ0v) is 16.2. The lowest BCUT2D eigenvalue weighted by atomic mass is 9.95.